The number of benzene rings is 1. The van der Waals surface area contributed by atoms with Gasteiger partial charge in [0.05, 0.1) is 27.9 Å². The van der Waals surface area contributed by atoms with Crippen LogP contribution in [0.4, 0.5) is 5.69 Å². The van der Waals surface area contributed by atoms with E-state index >= 15 is 0 Å². The zero-order valence-electron chi connectivity index (χ0n) is 12.9. The Morgan fingerprint density at radius 1 is 1.19 bits per heavy atom. The van der Waals surface area contributed by atoms with Crippen LogP contribution in [-0.2, 0) is 0 Å². The van der Waals surface area contributed by atoms with Crippen LogP contribution in [0.1, 0.15) is 52.2 Å². The smallest absolute Gasteiger partial charge is 0.0999 e. The van der Waals surface area contributed by atoms with Crippen molar-refractivity contribution in [2.45, 2.75) is 52.7 Å². The first-order chi connectivity index (χ1) is 9.60. The molecule has 0 fully saturated rings. The molecule has 2 unspecified atom stereocenters. The van der Waals surface area contributed by atoms with Crippen LogP contribution in [-0.4, -0.2) is 22.5 Å². The molecule has 0 spiro atoms. The molecule has 0 aliphatic heterocycles. The first-order valence-corrected chi connectivity index (χ1v) is 7.75. The molecular formula is C16H23Cl2NO2. The molecule has 1 aromatic carbocycles. The van der Waals surface area contributed by atoms with Crippen LogP contribution in [0.15, 0.2) is 17.1 Å². The van der Waals surface area contributed by atoms with Gasteiger partial charge < -0.3 is 10.2 Å². The summed E-state index contributed by atoms with van der Waals surface area (Å²) >= 11 is 12.3. The number of aliphatic hydroxyl groups excluding tert-OH is 2. The minimum absolute atomic E-state index is 0.163. The second-order valence-electron chi connectivity index (χ2n) is 6.47. The van der Waals surface area contributed by atoms with Crippen molar-refractivity contribution in [3.8, 4) is 0 Å². The van der Waals surface area contributed by atoms with Crippen LogP contribution in [0, 0.1) is 5.41 Å². The fourth-order valence-electron chi connectivity index (χ4n) is 1.82. The number of rotatable bonds is 5. The van der Waals surface area contributed by atoms with E-state index in [-0.39, 0.29) is 5.41 Å². The van der Waals surface area contributed by atoms with E-state index in [1.165, 1.54) is 6.21 Å². The predicted molar refractivity (Wildman–Crippen MR) is 89.9 cm³/mol. The average Bonchev–Trinajstić information content (AvgIpc) is 2.33. The molecule has 5 heteroatoms. The highest BCUT2D eigenvalue weighted by Crippen LogP contribution is 2.37. The largest absolute Gasteiger partial charge is 0.388 e. The van der Waals surface area contributed by atoms with Crippen LogP contribution >= 0.6 is 23.2 Å². The Morgan fingerprint density at radius 2 is 1.71 bits per heavy atom. The maximum atomic E-state index is 10.2. The van der Waals surface area contributed by atoms with Crippen molar-refractivity contribution in [2.24, 2.45) is 10.4 Å². The van der Waals surface area contributed by atoms with Crippen molar-refractivity contribution in [1.29, 1.82) is 0 Å². The molecule has 1 aromatic rings. The van der Waals surface area contributed by atoms with Gasteiger partial charge in [-0.15, -0.1) is 0 Å². The van der Waals surface area contributed by atoms with E-state index in [4.69, 9.17) is 23.2 Å². The molecular weight excluding hydrogens is 309 g/mol. The van der Waals surface area contributed by atoms with Crippen molar-refractivity contribution < 1.29 is 10.2 Å². The lowest BCUT2D eigenvalue weighted by Crippen LogP contribution is -2.08. The maximum Gasteiger partial charge on any atom is 0.0999 e. The van der Waals surface area contributed by atoms with Gasteiger partial charge in [0.2, 0.25) is 0 Å². The predicted octanol–water partition coefficient (Wildman–Crippen LogP) is 4.94. The van der Waals surface area contributed by atoms with Gasteiger partial charge >= 0.3 is 0 Å². The highest BCUT2D eigenvalue weighted by molar-refractivity contribution is 6.39. The molecule has 0 heterocycles. The Hall–Kier alpha value is -0.610. The third-order valence-corrected chi connectivity index (χ3v) is 3.59. The number of nitrogens with zero attached hydrogens (tertiary/aromatic N) is 1. The molecule has 0 aromatic heterocycles. The minimum Gasteiger partial charge on any atom is -0.388 e. The summed E-state index contributed by atoms with van der Waals surface area (Å²) in [5.41, 5.74) is 1.26. The van der Waals surface area contributed by atoms with E-state index in [1.54, 1.807) is 19.1 Å². The summed E-state index contributed by atoms with van der Waals surface area (Å²) in [6.07, 6.45) is 1.63. The zero-order chi connectivity index (χ0) is 16.2. The van der Waals surface area contributed by atoms with Gasteiger partial charge in [0.25, 0.3) is 0 Å². The summed E-state index contributed by atoms with van der Waals surface area (Å²) < 4.78 is 0. The Bertz CT molecular complexity index is 484. The van der Waals surface area contributed by atoms with Gasteiger partial charge in [-0.3, -0.25) is 4.99 Å². The molecule has 2 atom stereocenters. The summed E-state index contributed by atoms with van der Waals surface area (Å²) in [5.74, 6) is 0. The molecule has 3 nitrogen and oxygen atoms in total. The lowest BCUT2D eigenvalue weighted by atomic mass is 9.88. The van der Waals surface area contributed by atoms with Crippen LogP contribution in [0.25, 0.3) is 0 Å². The van der Waals surface area contributed by atoms with E-state index in [0.717, 1.165) is 6.42 Å². The van der Waals surface area contributed by atoms with Crippen LogP contribution < -0.4 is 0 Å². The number of hydrogen-bond donors (Lipinski definition) is 2. The SMILES string of the molecule is CC(O)C=Nc1c(Cl)cc(C(O)CCC(C)(C)C)cc1Cl. The second kappa shape index (κ2) is 7.59. The van der Waals surface area contributed by atoms with Crippen LogP contribution in [0.3, 0.4) is 0 Å². The van der Waals surface area contributed by atoms with Gasteiger partial charge in [0, 0.05) is 6.21 Å². The Kier molecular flexibility index (Phi) is 6.67. The molecule has 0 saturated heterocycles. The van der Waals surface area contributed by atoms with E-state index in [1.807, 2.05) is 0 Å². The highest BCUT2D eigenvalue weighted by Gasteiger charge is 2.17. The second-order valence-corrected chi connectivity index (χ2v) is 7.28. The quantitative estimate of drug-likeness (QED) is 0.751. The number of aliphatic imine (C=N–C) groups is 1. The molecule has 0 aliphatic rings. The van der Waals surface area contributed by atoms with E-state index in [2.05, 4.69) is 25.8 Å². The summed E-state index contributed by atoms with van der Waals surface area (Å²) in [7, 11) is 0. The van der Waals surface area contributed by atoms with Crippen molar-refractivity contribution in [3.63, 3.8) is 0 Å². The normalized spacial score (nSPS) is 15.4. The Balaban J connectivity index is 2.92. The van der Waals surface area contributed by atoms with Gasteiger partial charge in [-0.25, -0.2) is 0 Å². The maximum absolute atomic E-state index is 10.2. The molecule has 21 heavy (non-hydrogen) atoms. The fraction of sp³-hybridized carbons (Fsp3) is 0.562. The van der Waals surface area contributed by atoms with Crippen molar-refractivity contribution in [1.82, 2.24) is 0 Å². The van der Waals surface area contributed by atoms with Gasteiger partial charge in [-0.1, -0.05) is 44.0 Å². The Labute approximate surface area is 136 Å². The molecule has 1 rings (SSSR count). The van der Waals surface area contributed by atoms with E-state index in [0.29, 0.717) is 27.7 Å². The topological polar surface area (TPSA) is 52.8 Å². The van der Waals surface area contributed by atoms with Gasteiger partial charge in [0.15, 0.2) is 0 Å². The molecule has 0 saturated carbocycles. The number of halogens is 2. The lowest BCUT2D eigenvalue weighted by molar-refractivity contribution is 0.147. The first-order valence-electron chi connectivity index (χ1n) is 6.99. The molecule has 0 amide bonds. The summed E-state index contributed by atoms with van der Waals surface area (Å²) in [5, 5.41) is 20.2. The molecule has 118 valence electrons. The molecule has 2 N–H and O–H groups in total. The zero-order valence-corrected chi connectivity index (χ0v) is 14.4. The van der Waals surface area contributed by atoms with Crippen molar-refractivity contribution in [3.05, 3.63) is 27.7 Å². The number of hydrogen-bond acceptors (Lipinski definition) is 3. The van der Waals surface area contributed by atoms with Gasteiger partial charge in [-0.2, -0.15) is 0 Å². The fourth-order valence-corrected chi connectivity index (χ4v) is 2.42. The van der Waals surface area contributed by atoms with Gasteiger partial charge in [0.1, 0.15) is 0 Å². The Morgan fingerprint density at radius 3 is 2.14 bits per heavy atom. The van der Waals surface area contributed by atoms with Crippen LogP contribution in [0.5, 0.6) is 0 Å². The molecule has 0 radical (unpaired) electrons. The summed E-state index contributed by atoms with van der Waals surface area (Å²) in [6, 6.07) is 3.35. The monoisotopic (exact) mass is 331 g/mol. The van der Waals surface area contributed by atoms with E-state index < -0.39 is 12.2 Å². The summed E-state index contributed by atoms with van der Waals surface area (Å²) in [4.78, 5) is 4.07. The standard InChI is InChI=1S/C16H23Cl2NO2/c1-10(20)9-19-15-12(17)7-11(8-13(15)18)14(21)5-6-16(2,3)4/h7-10,14,20-21H,5-6H2,1-4H3. The lowest BCUT2D eigenvalue weighted by Gasteiger charge is -2.21. The molecule has 0 aliphatic carbocycles. The summed E-state index contributed by atoms with van der Waals surface area (Å²) in [6.45, 7) is 7.99. The third kappa shape index (κ3) is 6.35. The van der Waals surface area contributed by atoms with Gasteiger partial charge in [-0.05, 0) is 42.9 Å². The first kappa shape index (κ1) is 18.4. The van der Waals surface area contributed by atoms with Crippen molar-refractivity contribution >= 4 is 35.1 Å². The van der Waals surface area contributed by atoms with Crippen LogP contribution in [0.2, 0.25) is 10.0 Å². The van der Waals surface area contributed by atoms with E-state index in [9.17, 15) is 10.2 Å². The number of aliphatic hydroxyl groups is 2. The highest BCUT2D eigenvalue weighted by atomic mass is 35.5. The minimum atomic E-state index is -0.672. The third-order valence-electron chi connectivity index (χ3n) is 3.01. The van der Waals surface area contributed by atoms with Crippen molar-refractivity contribution in [2.75, 3.05) is 0 Å². The molecule has 0 bridgehead atoms. The average molecular weight is 332 g/mol.